The first-order valence-electron chi connectivity index (χ1n) is 6.91. The number of hydrogen-bond donors (Lipinski definition) is 2. The molecule has 19 heavy (non-hydrogen) atoms. The topological polar surface area (TPSA) is 75.6 Å². The van der Waals surface area contributed by atoms with Gasteiger partial charge in [-0.3, -0.25) is 4.79 Å². The highest BCUT2D eigenvalue weighted by molar-refractivity contribution is 5.74. The van der Waals surface area contributed by atoms with E-state index in [1.807, 2.05) is 0 Å². The first-order valence-corrected chi connectivity index (χ1v) is 6.91. The third-order valence-corrected chi connectivity index (χ3v) is 4.45. The van der Waals surface area contributed by atoms with Crippen molar-refractivity contribution in [3.63, 3.8) is 0 Å². The predicted octanol–water partition coefficient (Wildman–Crippen LogP) is 2.26. The molecule has 0 spiro atoms. The summed E-state index contributed by atoms with van der Waals surface area (Å²) in [6.07, 6.45) is 1.17. The van der Waals surface area contributed by atoms with Crippen molar-refractivity contribution in [3.8, 4) is 0 Å². The summed E-state index contributed by atoms with van der Waals surface area (Å²) in [5.41, 5.74) is -0.564. The first kappa shape index (κ1) is 14.2. The molecule has 0 radical (unpaired) electrons. The van der Waals surface area contributed by atoms with Crippen LogP contribution < -0.4 is 5.32 Å². The highest BCUT2D eigenvalue weighted by atomic mass is 16.6. The smallest absolute Gasteiger partial charge is 0.407 e. The van der Waals surface area contributed by atoms with Crippen LogP contribution in [-0.4, -0.2) is 28.8 Å². The Balaban J connectivity index is 2.03. The van der Waals surface area contributed by atoms with E-state index in [0.29, 0.717) is 18.3 Å². The van der Waals surface area contributed by atoms with Gasteiger partial charge in [0.1, 0.15) is 5.60 Å². The maximum Gasteiger partial charge on any atom is 0.407 e. The zero-order valence-corrected chi connectivity index (χ0v) is 12.0. The normalized spacial score (nSPS) is 37.2. The second-order valence-corrected chi connectivity index (χ2v) is 6.87. The molecule has 5 nitrogen and oxygen atoms in total. The predicted molar refractivity (Wildman–Crippen MR) is 69.7 cm³/mol. The van der Waals surface area contributed by atoms with Gasteiger partial charge in [-0.25, -0.2) is 4.79 Å². The van der Waals surface area contributed by atoms with Crippen LogP contribution in [0.5, 0.6) is 0 Å². The first-order chi connectivity index (χ1) is 8.69. The third kappa shape index (κ3) is 2.85. The summed E-state index contributed by atoms with van der Waals surface area (Å²) in [4.78, 5) is 23.2. The summed E-state index contributed by atoms with van der Waals surface area (Å²) >= 11 is 0. The molecule has 108 valence electrons. The number of fused-ring (bicyclic) bond motifs is 2. The van der Waals surface area contributed by atoms with Crippen molar-refractivity contribution in [2.45, 2.75) is 52.2 Å². The fourth-order valence-electron chi connectivity index (χ4n) is 3.39. The summed E-state index contributed by atoms with van der Waals surface area (Å²) < 4.78 is 5.23. The van der Waals surface area contributed by atoms with Gasteiger partial charge in [-0.1, -0.05) is 6.92 Å². The van der Waals surface area contributed by atoms with Gasteiger partial charge in [-0.15, -0.1) is 0 Å². The molecular weight excluding hydrogens is 246 g/mol. The van der Waals surface area contributed by atoms with Gasteiger partial charge in [0, 0.05) is 6.04 Å². The van der Waals surface area contributed by atoms with Crippen LogP contribution in [0.1, 0.15) is 40.5 Å². The summed E-state index contributed by atoms with van der Waals surface area (Å²) in [6, 6.07) is -0.299. The molecule has 5 heteroatoms. The molecule has 5 atom stereocenters. The number of rotatable bonds is 2. The fourth-order valence-corrected chi connectivity index (χ4v) is 3.39. The van der Waals surface area contributed by atoms with Crippen LogP contribution in [0.15, 0.2) is 0 Å². The number of aliphatic carboxylic acids is 1. The van der Waals surface area contributed by atoms with E-state index in [0.717, 1.165) is 6.42 Å². The van der Waals surface area contributed by atoms with Crippen LogP contribution >= 0.6 is 0 Å². The lowest BCUT2D eigenvalue weighted by molar-refractivity contribution is -0.151. The van der Waals surface area contributed by atoms with E-state index in [2.05, 4.69) is 12.2 Å². The van der Waals surface area contributed by atoms with Crippen LogP contribution in [0.4, 0.5) is 4.79 Å². The Morgan fingerprint density at radius 1 is 1.26 bits per heavy atom. The quantitative estimate of drug-likeness (QED) is 0.806. The van der Waals surface area contributed by atoms with Crippen LogP contribution in [0.25, 0.3) is 0 Å². The number of ether oxygens (including phenoxy) is 1. The Hall–Kier alpha value is -1.26. The molecule has 0 aromatic carbocycles. The fraction of sp³-hybridized carbons (Fsp3) is 0.857. The Bertz CT molecular complexity index is 387. The molecule has 3 saturated carbocycles. The summed E-state index contributed by atoms with van der Waals surface area (Å²) in [5.74, 6) is -0.0270. The number of amides is 1. The third-order valence-electron chi connectivity index (χ3n) is 4.45. The van der Waals surface area contributed by atoms with E-state index >= 15 is 0 Å². The number of hydrogen-bond acceptors (Lipinski definition) is 3. The van der Waals surface area contributed by atoms with E-state index in [9.17, 15) is 14.7 Å². The molecule has 0 aromatic heterocycles. The van der Waals surface area contributed by atoms with Crippen LogP contribution in [0.2, 0.25) is 0 Å². The van der Waals surface area contributed by atoms with E-state index in [1.165, 1.54) is 0 Å². The molecule has 0 saturated heterocycles. The van der Waals surface area contributed by atoms with E-state index in [4.69, 9.17) is 4.74 Å². The Morgan fingerprint density at radius 3 is 2.37 bits per heavy atom. The van der Waals surface area contributed by atoms with Gasteiger partial charge in [0.2, 0.25) is 0 Å². The molecule has 3 fully saturated rings. The average molecular weight is 269 g/mol. The highest BCUT2D eigenvalue weighted by Crippen LogP contribution is 2.52. The SMILES string of the molecule is CC1[C@@H]2C[C@H](C(=O)O)[C@@H](NC(=O)OC(C)(C)C)[C@H]1C2. The van der Waals surface area contributed by atoms with Crippen molar-refractivity contribution < 1.29 is 19.4 Å². The summed E-state index contributed by atoms with van der Waals surface area (Å²) in [6.45, 7) is 7.53. The Morgan fingerprint density at radius 2 is 1.89 bits per heavy atom. The molecule has 1 unspecified atom stereocenters. The van der Waals surface area contributed by atoms with Gasteiger partial charge in [0.15, 0.2) is 0 Å². The number of carbonyl (C=O) groups excluding carboxylic acids is 1. The molecule has 0 aliphatic heterocycles. The number of carboxylic acid groups (broad SMARTS) is 1. The van der Waals surface area contributed by atoms with Crippen molar-refractivity contribution in [3.05, 3.63) is 0 Å². The van der Waals surface area contributed by atoms with E-state index in [-0.39, 0.29) is 12.0 Å². The zero-order chi connectivity index (χ0) is 14.4. The minimum atomic E-state index is -0.817. The highest BCUT2D eigenvalue weighted by Gasteiger charge is 2.53. The lowest BCUT2D eigenvalue weighted by atomic mass is 9.52. The van der Waals surface area contributed by atoms with Crippen molar-refractivity contribution in [2.24, 2.45) is 23.7 Å². The summed E-state index contributed by atoms with van der Waals surface area (Å²) in [7, 11) is 0. The van der Waals surface area contributed by atoms with Crippen molar-refractivity contribution in [1.82, 2.24) is 5.32 Å². The molecule has 2 bridgehead atoms. The van der Waals surface area contributed by atoms with Crippen LogP contribution in [0, 0.1) is 23.7 Å². The summed E-state index contributed by atoms with van der Waals surface area (Å²) in [5, 5.41) is 12.1. The minimum absolute atomic E-state index is 0.271. The minimum Gasteiger partial charge on any atom is -0.481 e. The zero-order valence-electron chi connectivity index (χ0n) is 12.0. The maximum absolute atomic E-state index is 11.8. The van der Waals surface area contributed by atoms with E-state index in [1.54, 1.807) is 20.8 Å². The van der Waals surface area contributed by atoms with Gasteiger partial charge in [0.25, 0.3) is 0 Å². The van der Waals surface area contributed by atoms with Gasteiger partial charge in [0.05, 0.1) is 5.92 Å². The molecule has 0 aromatic rings. The largest absolute Gasteiger partial charge is 0.481 e. The molecule has 0 heterocycles. The average Bonchev–Trinajstić information content (AvgIpc) is 2.24. The van der Waals surface area contributed by atoms with Crippen molar-refractivity contribution in [1.29, 1.82) is 0 Å². The Labute approximate surface area is 113 Å². The maximum atomic E-state index is 11.8. The lowest BCUT2D eigenvalue weighted by Crippen LogP contribution is -2.61. The van der Waals surface area contributed by atoms with Gasteiger partial charge >= 0.3 is 12.1 Å². The van der Waals surface area contributed by atoms with Crippen LogP contribution in [0.3, 0.4) is 0 Å². The van der Waals surface area contributed by atoms with Crippen molar-refractivity contribution >= 4 is 12.1 Å². The number of alkyl carbamates (subject to hydrolysis) is 1. The molecular formula is C14H23NO4. The van der Waals surface area contributed by atoms with Gasteiger partial charge in [-0.2, -0.15) is 0 Å². The monoisotopic (exact) mass is 269 g/mol. The number of carboxylic acids is 1. The number of carbonyl (C=O) groups is 2. The van der Waals surface area contributed by atoms with Crippen molar-refractivity contribution in [2.75, 3.05) is 0 Å². The second kappa shape index (κ2) is 4.69. The van der Waals surface area contributed by atoms with Gasteiger partial charge in [-0.05, 0) is 51.4 Å². The molecule has 3 rings (SSSR count). The van der Waals surface area contributed by atoms with Gasteiger partial charge < -0.3 is 15.2 Å². The standard InChI is InChI=1S/C14H23NO4/c1-7-8-5-9(7)11(10(6-8)12(16)17)15-13(18)19-14(2,3)4/h7-11H,5-6H2,1-4H3,(H,15,18)(H,16,17)/t7?,8-,9-,10-,11-/m0/s1. The molecule has 3 aliphatic rings. The second-order valence-electron chi connectivity index (χ2n) is 6.87. The molecule has 2 N–H and O–H groups in total. The molecule has 3 aliphatic carbocycles. The number of nitrogens with one attached hydrogen (secondary N) is 1. The Kier molecular flexibility index (Phi) is 3.49. The van der Waals surface area contributed by atoms with Crippen LogP contribution in [-0.2, 0) is 9.53 Å². The lowest BCUT2D eigenvalue weighted by Gasteiger charge is -2.54. The van der Waals surface area contributed by atoms with E-state index < -0.39 is 23.6 Å². The molecule has 1 amide bonds.